The van der Waals surface area contributed by atoms with Crippen LogP contribution in [0.4, 0.5) is 5.13 Å². The largest absolute Gasteiger partial charge is 0.345 e. The second-order valence-electron chi connectivity index (χ2n) is 6.01. The monoisotopic (exact) mass is 393 g/mol. The van der Waals surface area contributed by atoms with Crippen molar-refractivity contribution in [3.05, 3.63) is 33.3 Å². The van der Waals surface area contributed by atoms with Crippen LogP contribution in [0.2, 0.25) is 5.02 Å². The molecule has 1 fully saturated rings. The molecule has 0 N–H and O–H groups in total. The molecule has 6 nitrogen and oxygen atoms in total. The zero-order valence-electron chi connectivity index (χ0n) is 13.8. The summed E-state index contributed by atoms with van der Waals surface area (Å²) in [5.74, 6) is 0.0235. The van der Waals surface area contributed by atoms with Gasteiger partial charge in [0, 0.05) is 26.2 Å². The number of aryl methyl sites for hydroxylation is 2. The van der Waals surface area contributed by atoms with E-state index in [2.05, 4.69) is 14.5 Å². The Morgan fingerprint density at radius 1 is 1.20 bits per heavy atom. The quantitative estimate of drug-likeness (QED) is 0.667. The van der Waals surface area contributed by atoms with E-state index in [1.54, 1.807) is 11.3 Å². The summed E-state index contributed by atoms with van der Waals surface area (Å²) in [6, 6.07) is 3.92. The van der Waals surface area contributed by atoms with Gasteiger partial charge in [-0.2, -0.15) is 0 Å². The third-order valence-corrected chi connectivity index (χ3v) is 6.76. The van der Waals surface area contributed by atoms with Crippen LogP contribution in [0.3, 0.4) is 0 Å². The maximum Gasteiger partial charge on any atom is 0.267 e. The van der Waals surface area contributed by atoms with Crippen LogP contribution in [-0.4, -0.2) is 51.6 Å². The molecular formula is C16H16ClN5OS2. The second-order valence-corrected chi connectivity index (χ2v) is 8.14. The van der Waals surface area contributed by atoms with Gasteiger partial charge in [0.1, 0.15) is 4.88 Å². The van der Waals surface area contributed by atoms with Crippen molar-refractivity contribution in [2.75, 3.05) is 31.1 Å². The van der Waals surface area contributed by atoms with E-state index in [1.165, 1.54) is 0 Å². The van der Waals surface area contributed by atoms with Crippen molar-refractivity contribution in [2.24, 2.45) is 0 Å². The van der Waals surface area contributed by atoms with E-state index in [-0.39, 0.29) is 5.91 Å². The van der Waals surface area contributed by atoms with Crippen LogP contribution >= 0.6 is 34.5 Å². The van der Waals surface area contributed by atoms with Gasteiger partial charge in [-0.3, -0.25) is 4.79 Å². The van der Waals surface area contributed by atoms with Crippen LogP contribution in [0.25, 0.3) is 10.2 Å². The van der Waals surface area contributed by atoms with Crippen molar-refractivity contribution in [3.63, 3.8) is 0 Å². The first-order valence-corrected chi connectivity index (χ1v) is 9.90. The van der Waals surface area contributed by atoms with Crippen molar-refractivity contribution in [1.82, 2.24) is 19.5 Å². The molecule has 3 heterocycles. The molecule has 1 aliphatic heterocycles. The van der Waals surface area contributed by atoms with Crippen molar-refractivity contribution < 1.29 is 4.79 Å². The van der Waals surface area contributed by atoms with Crippen LogP contribution in [0.1, 0.15) is 20.9 Å². The zero-order valence-corrected chi connectivity index (χ0v) is 16.2. The van der Waals surface area contributed by atoms with Crippen LogP contribution in [0, 0.1) is 13.8 Å². The lowest BCUT2D eigenvalue weighted by molar-refractivity contribution is 0.0750. The number of carbonyl (C=O) groups is 1. The third-order valence-electron chi connectivity index (χ3n) is 4.37. The number of thiazole rings is 1. The summed E-state index contributed by atoms with van der Waals surface area (Å²) < 4.78 is 4.88. The fourth-order valence-electron chi connectivity index (χ4n) is 2.90. The first-order chi connectivity index (χ1) is 12.0. The van der Waals surface area contributed by atoms with E-state index < -0.39 is 0 Å². The highest BCUT2D eigenvalue weighted by molar-refractivity contribution is 7.22. The normalized spacial score (nSPS) is 15.2. The Kier molecular flexibility index (Phi) is 4.35. The molecule has 1 aromatic carbocycles. The van der Waals surface area contributed by atoms with Crippen molar-refractivity contribution in [1.29, 1.82) is 0 Å². The van der Waals surface area contributed by atoms with Gasteiger partial charge in [0.2, 0.25) is 0 Å². The highest BCUT2D eigenvalue weighted by atomic mass is 35.5. The van der Waals surface area contributed by atoms with Gasteiger partial charge in [0.25, 0.3) is 5.91 Å². The van der Waals surface area contributed by atoms with E-state index in [1.807, 2.05) is 30.9 Å². The van der Waals surface area contributed by atoms with Crippen LogP contribution in [0.15, 0.2) is 12.1 Å². The van der Waals surface area contributed by atoms with E-state index in [0.717, 1.165) is 50.6 Å². The summed E-state index contributed by atoms with van der Waals surface area (Å²) in [6.45, 7) is 6.71. The van der Waals surface area contributed by atoms with Gasteiger partial charge in [-0.25, -0.2) is 4.98 Å². The van der Waals surface area contributed by atoms with Crippen LogP contribution in [0.5, 0.6) is 0 Å². The molecular weight excluding hydrogens is 378 g/mol. The zero-order chi connectivity index (χ0) is 17.6. The Balaban J connectivity index is 1.51. The molecule has 0 radical (unpaired) electrons. The molecule has 0 bridgehead atoms. The Labute approximate surface area is 158 Å². The van der Waals surface area contributed by atoms with Gasteiger partial charge in [-0.05, 0) is 37.0 Å². The van der Waals surface area contributed by atoms with Gasteiger partial charge in [-0.15, -0.1) is 5.10 Å². The molecule has 0 aliphatic carbocycles. The number of hydrogen-bond acceptors (Lipinski definition) is 7. The van der Waals surface area contributed by atoms with Gasteiger partial charge in [-0.1, -0.05) is 33.5 Å². The summed E-state index contributed by atoms with van der Waals surface area (Å²) >= 11 is 9.09. The van der Waals surface area contributed by atoms with E-state index in [0.29, 0.717) is 23.7 Å². The Morgan fingerprint density at radius 2 is 1.96 bits per heavy atom. The summed E-state index contributed by atoms with van der Waals surface area (Å²) in [7, 11) is 0. The second kappa shape index (κ2) is 6.51. The Bertz CT molecular complexity index is 906. The molecule has 0 spiro atoms. The molecule has 0 atom stereocenters. The molecule has 0 saturated carbocycles. The topological polar surface area (TPSA) is 62.2 Å². The maximum atomic E-state index is 12.6. The van der Waals surface area contributed by atoms with Crippen LogP contribution < -0.4 is 4.90 Å². The number of piperazine rings is 1. The van der Waals surface area contributed by atoms with Gasteiger partial charge in [0.05, 0.1) is 20.9 Å². The van der Waals surface area contributed by atoms with E-state index >= 15 is 0 Å². The molecule has 9 heteroatoms. The molecule has 0 unspecified atom stereocenters. The molecule has 2 aromatic heterocycles. The maximum absolute atomic E-state index is 12.6. The Hall–Kier alpha value is -1.77. The number of halogens is 1. The minimum absolute atomic E-state index is 0.0235. The SMILES string of the molecule is Cc1nnsc1C(=O)N1CCN(c2nc3c(C)ccc(Cl)c3s2)CC1. The fraction of sp³-hybridized carbons (Fsp3) is 0.375. The number of amides is 1. The highest BCUT2D eigenvalue weighted by Gasteiger charge is 2.26. The lowest BCUT2D eigenvalue weighted by Gasteiger charge is -2.34. The first-order valence-electron chi connectivity index (χ1n) is 7.93. The molecule has 4 rings (SSSR count). The smallest absolute Gasteiger partial charge is 0.267 e. The van der Waals surface area contributed by atoms with Crippen molar-refractivity contribution in [2.45, 2.75) is 13.8 Å². The first kappa shape index (κ1) is 16.7. The highest BCUT2D eigenvalue weighted by Crippen LogP contribution is 2.35. The number of benzene rings is 1. The lowest BCUT2D eigenvalue weighted by atomic mass is 10.2. The van der Waals surface area contributed by atoms with Crippen molar-refractivity contribution >= 4 is 55.7 Å². The number of fused-ring (bicyclic) bond motifs is 1. The minimum Gasteiger partial charge on any atom is -0.345 e. The van der Waals surface area contributed by atoms with Gasteiger partial charge in [0.15, 0.2) is 5.13 Å². The molecule has 3 aromatic rings. The number of anilines is 1. The number of hydrogen-bond donors (Lipinski definition) is 0. The number of aromatic nitrogens is 3. The number of carbonyl (C=O) groups excluding carboxylic acids is 1. The molecule has 1 saturated heterocycles. The van der Waals surface area contributed by atoms with Crippen molar-refractivity contribution in [3.8, 4) is 0 Å². The summed E-state index contributed by atoms with van der Waals surface area (Å²) in [4.78, 5) is 22.1. The average molecular weight is 394 g/mol. The third kappa shape index (κ3) is 2.98. The molecule has 130 valence electrons. The molecule has 1 aliphatic rings. The Morgan fingerprint density at radius 3 is 2.60 bits per heavy atom. The average Bonchev–Trinajstić information content (AvgIpc) is 3.25. The van der Waals surface area contributed by atoms with Crippen LogP contribution in [-0.2, 0) is 0 Å². The summed E-state index contributed by atoms with van der Waals surface area (Å²) in [5, 5.41) is 5.63. The van der Waals surface area contributed by atoms with E-state index in [9.17, 15) is 4.79 Å². The standard InChI is InChI=1S/C16H16ClN5OS2/c1-9-3-4-11(17)14-12(9)18-16(24-14)22-7-5-21(6-8-22)15(23)13-10(2)19-20-25-13/h3-4H,5-8H2,1-2H3. The predicted molar refractivity (Wildman–Crippen MR) is 102 cm³/mol. The van der Waals surface area contributed by atoms with E-state index in [4.69, 9.17) is 16.6 Å². The molecule has 1 amide bonds. The lowest BCUT2D eigenvalue weighted by Crippen LogP contribution is -2.48. The minimum atomic E-state index is 0.0235. The summed E-state index contributed by atoms with van der Waals surface area (Å²) in [6.07, 6.45) is 0. The number of nitrogens with zero attached hydrogens (tertiary/aromatic N) is 5. The predicted octanol–water partition coefficient (Wildman–Crippen LogP) is 3.38. The summed E-state index contributed by atoms with van der Waals surface area (Å²) in [5.41, 5.74) is 2.80. The fourth-order valence-corrected chi connectivity index (χ4v) is 4.89. The number of rotatable bonds is 2. The van der Waals surface area contributed by atoms with Gasteiger partial charge >= 0.3 is 0 Å². The molecule has 25 heavy (non-hydrogen) atoms. The van der Waals surface area contributed by atoms with Gasteiger partial charge < -0.3 is 9.80 Å².